The smallest absolute Gasteiger partial charge is 0.307 e. The van der Waals surface area contributed by atoms with Crippen LogP contribution in [0.25, 0.3) is 0 Å². The number of benzene rings is 1. The second-order valence-electron chi connectivity index (χ2n) is 6.49. The second-order valence-corrected chi connectivity index (χ2v) is 6.49. The van der Waals surface area contributed by atoms with Crippen LogP contribution in [0.3, 0.4) is 0 Å². The molecule has 0 spiro atoms. The number of hydrogen-bond donors (Lipinski definition) is 3. The summed E-state index contributed by atoms with van der Waals surface area (Å²) in [5.74, 6) is -2.69. The van der Waals surface area contributed by atoms with Gasteiger partial charge < -0.3 is 15.7 Å². The van der Waals surface area contributed by atoms with Crippen LogP contribution in [0.1, 0.15) is 18.9 Å². The van der Waals surface area contributed by atoms with Gasteiger partial charge in [-0.1, -0.05) is 18.2 Å². The molecule has 0 heterocycles. The monoisotopic (exact) mass is 328 g/mol. The third-order valence-electron chi connectivity index (χ3n) is 4.95. The molecule has 0 aromatic heterocycles. The van der Waals surface area contributed by atoms with Gasteiger partial charge >= 0.3 is 5.97 Å². The van der Waals surface area contributed by atoms with Crippen LogP contribution in [0.2, 0.25) is 0 Å². The number of anilines is 2. The molecule has 24 heavy (non-hydrogen) atoms. The number of amides is 2. The largest absolute Gasteiger partial charge is 0.481 e. The molecule has 4 atom stereocenters. The number of fused-ring (bicyclic) bond motifs is 2. The van der Waals surface area contributed by atoms with Gasteiger partial charge in [0.05, 0.1) is 11.8 Å². The molecule has 0 saturated heterocycles. The Morgan fingerprint density at radius 3 is 2.21 bits per heavy atom. The van der Waals surface area contributed by atoms with Gasteiger partial charge in [0, 0.05) is 18.3 Å². The summed E-state index contributed by atoms with van der Waals surface area (Å²) < 4.78 is 0. The molecule has 6 nitrogen and oxygen atoms in total. The fourth-order valence-electron chi connectivity index (χ4n) is 3.83. The maximum absolute atomic E-state index is 12.7. The summed E-state index contributed by atoms with van der Waals surface area (Å²) in [4.78, 5) is 35.5. The molecule has 3 rings (SSSR count). The van der Waals surface area contributed by atoms with Gasteiger partial charge in [0.1, 0.15) is 0 Å². The highest BCUT2D eigenvalue weighted by Gasteiger charge is 2.51. The Morgan fingerprint density at radius 1 is 1.04 bits per heavy atom. The fraction of sp³-hybridized carbons (Fsp3) is 0.389. The van der Waals surface area contributed by atoms with Gasteiger partial charge in [0.15, 0.2) is 0 Å². The molecule has 126 valence electrons. The molecule has 6 heteroatoms. The Kier molecular flexibility index (Phi) is 4.13. The van der Waals surface area contributed by atoms with Crippen molar-refractivity contribution in [3.05, 3.63) is 35.9 Å². The molecule has 2 amide bonds. The van der Waals surface area contributed by atoms with E-state index in [1.807, 2.05) is 12.2 Å². The van der Waals surface area contributed by atoms with E-state index in [0.29, 0.717) is 11.4 Å². The Bertz CT molecular complexity index is 741. The van der Waals surface area contributed by atoms with Crippen molar-refractivity contribution in [2.24, 2.45) is 23.7 Å². The van der Waals surface area contributed by atoms with Gasteiger partial charge in [-0.25, -0.2) is 0 Å². The first kappa shape index (κ1) is 16.2. The van der Waals surface area contributed by atoms with E-state index in [0.717, 1.165) is 12.0 Å². The van der Waals surface area contributed by atoms with Crippen molar-refractivity contribution in [2.75, 3.05) is 10.6 Å². The van der Waals surface area contributed by atoms with Crippen LogP contribution in [0.5, 0.6) is 0 Å². The number of rotatable bonds is 4. The normalized spacial score (nSPS) is 27.1. The van der Waals surface area contributed by atoms with Gasteiger partial charge in [0.25, 0.3) is 0 Å². The summed E-state index contributed by atoms with van der Waals surface area (Å²) in [6.07, 6.45) is 4.59. The van der Waals surface area contributed by atoms with E-state index in [1.54, 1.807) is 25.1 Å². The standard InChI is InChI=1S/C18H20N2O4/c1-9-13(19-10(2)21)4-3-5-14(9)20-17(22)15-11-6-7-12(8-11)16(15)18(23)24/h3-7,11-12,15-16H,8H2,1-2H3,(H,19,21)(H,20,22)(H,23,24). The molecular weight excluding hydrogens is 308 g/mol. The Hall–Kier alpha value is -2.63. The van der Waals surface area contributed by atoms with Crippen molar-refractivity contribution in [1.29, 1.82) is 0 Å². The molecule has 0 radical (unpaired) electrons. The summed E-state index contributed by atoms with van der Waals surface area (Å²) in [6.45, 7) is 3.22. The number of hydrogen-bond acceptors (Lipinski definition) is 3. The first-order valence-corrected chi connectivity index (χ1v) is 7.97. The van der Waals surface area contributed by atoms with Crippen LogP contribution < -0.4 is 10.6 Å². The maximum Gasteiger partial charge on any atom is 0.307 e. The highest BCUT2D eigenvalue weighted by Crippen LogP contribution is 2.48. The van der Waals surface area contributed by atoms with E-state index in [1.165, 1.54) is 6.92 Å². The highest BCUT2D eigenvalue weighted by atomic mass is 16.4. The van der Waals surface area contributed by atoms with Crippen molar-refractivity contribution in [2.45, 2.75) is 20.3 Å². The van der Waals surface area contributed by atoms with Crippen LogP contribution in [0.15, 0.2) is 30.4 Å². The number of carbonyl (C=O) groups excluding carboxylic acids is 2. The summed E-state index contributed by atoms with van der Waals surface area (Å²) in [6, 6.07) is 5.24. The van der Waals surface area contributed by atoms with Gasteiger partial charge in [-0.3, -0.25) is 14.4 Å². The zero-order chi connectivity index (χ0) is 17.4. The minimum atomic E-state index is -0.921. The summed E-state index contributed by atoms with van der Waals surface area (Å²) >= 11 is 0. The van der Waals surface area contributed by atoms with Crippen LogP contribution in [0.4, 0.5) is 11.4 Å². The van der Waals surface area contributed by atoms with Gasteiger partial charge in [0.2, 0.25) is 11.8 Å². The molecule has 2 aliphatic carbocycles. The van der Waals surface area contributed by atoms with E-state index in [4.69, 9.17) is 0 Å². The zero-order valence-corrected chi connectivity index (χ0v) is 13.6. The summed E-state index contributed by atoms with van der Waals surface area (Å²) in [5.41, 5.74) is 1.96. The van der Waals surface area contributed by atoms with Crippen LogP contribution in [-0.4, -0.2) is 22.9 Å². The average molecular weight is 328 g/mol. The molecular formula is C18H20N2O4. The first-order valence-electron chi connectivity index (χ1n) is 7.97. The molecule has 0 aliphatic heterocycles. The van der Waals surface area contributed by atoms with Crippen molar-refractivity contribution in [3.63, 3.8) is 0 Å². The van der Waals surface area contributed by atoms with E-state index in [-0.39, 0.29) is 23.7 Å². The lowest BCUT2D eigenvalue weighted by Gasteiger charge is -2.24. The van der Waals surface area contributed by atoms with Gasteiger partial charge in [-0.05, 0) is 42.9 Å². The van der Waals surface area contributed by atoms with E-state index in [9.17, 15) is 19.5 Å². The number of carboxylic acid groups (broad SMARTS) is 1. The van der Waals surface area contributed by atoms with Crippen molar-refractivity contribution >= 4 is 29.2 Å². The third-order valence-corrected chi connectivity index (χ3v) is 4.95. The van der Waals surface area contributed by atoms with E-state index >= 15 is 0 Å². The van der Waals surface area contributed by atoms with Crippen LogP contribution in [0, 0.1) is 30.6 Å². The van der Waals surface area contributed by atoms with Crippen LogP contribution >= 0.6 is 0 Å². The predicted octanol–water partition coefficient (Wildman–Crippen LogP) is 2.41. The molecule has 3 N–H and O–H groups in total. The minimum absolute atomic E-state index is 0.0186. The molecule has 1 saturated carbocycles. The predicted molar refractivity (Wildman–Crippen MR) is 89.5 cm³/mol. The number of nitrogens with one attached hydrogen (secondary N) is 2. The third kappa shape index (κ3) is 2.79. The van der Waals surface area contributed by atoms with Crippen molar-refractivity contribution in [3.8, 4) is 0 Å². The Balaban J connectivity index is 1.81. The fourth-order valence-corrected chi connectivity index (χ4v) is 3.83. The lowest BCUT2D eigenvalue weighted by molar-refractivity contribution is -0.146. The van der Waals surface area contributed by atoms with Crippen molar-refractivity contribution in [1.82, 2.24) is 0 Å². The number of carbonyl (C=O) groups is 3. The lowest BCUT2D eigenvalue weighted by Crippen LogP contribution is -2.36. The quantitative estimate of drug-likeness (QED) is 0.740. The van der Waals surface area contributed by atoms with Crippen LogP contribution in [-0.2, 0) is 14.4 Å². The highest BCUT2D eigenvalue weighted by molar-refractivity contribution is 5.98. The number of aliphatic carboxylic acids is 1. The SMILES string of the molecule is CC(=O)Nc1cccc(NC(=O)C2C3C=CC(C3)C2C(=O)O)c1C. The maximum atomic E-state index is 12.7. The minimum Gasteiger partial charge on any atom is -0.481 e. The summed E-state index contributed by atoms with van der Waals surface area (Å²) in [5, 5.41) is 15.0. The van der Waals surface area contributed by atoms with Gasteiger partial charge in [-0.15, -0.1) is 0 Å². The molecule has 2 bridgehead atoms. The Morgan fingerprint density at radius 2 is 1.62 bits per heavy atom. The molecule has 2 aliphatic rings. The average Bonchev–Trinajstić information content (AvgIpc) is 3.11. The summed E-state index contributed by atoms with van der Waals surface area (Å²) in [7, 11) is 0. The van der Waals surface area contributed by atoms with Gasteiger partial charge in [-0.2, -0.15) is 0 Å². The molecule has 4 unspecified atom stereocenters. The molecule has 1 fully saturated rings. The zero-order valence-electron chi connectivity index (χ0n) is 13.6. The van der Waals surface area contributed by atoms with E-state index in [2.05, 4.69) is 10.6 Å². The molecule has 1 aromatic carbocycles. The Labute approximate surface area is 139 Å². The molecule has 1 aromatic rings. The second kappa shape index (κ2) is 6.11. The van der Waals surface area contributed by atoms with E-state index < -0.39 is 17.8 Å². The number of carboxylic acids is 1. The lowest BCUT2D eigenvalue weighted by atomic mass is 9.82. The number of allylic oxidation sites excluding steroid dienone is 2. The van der Waals surface area contributed by atoms with Crippen molar-refractivity contribution < 1.29 is 19.5 Å². The topological polar surface area (TPSA) is 95.5 Å². The first-order chi connectivity index (χ1) is 11.4.